The molecule has 0 aromatic heterocycles. The number of amides is 2. The summed E-state index contributed by atoms with van der Waals surface area (Å²) in [5, 5.41) is 2.44. The normalized spacial score (nSPS) is 14.6. The van der Waals surface area contributed by atoms with Gasteiger partial charge in [0.2, 0.25) is 17.5 Å². The van der Waals surface area contributed by atoms with E-state index < -0.39 is 83.4 Å². The summed E-state index contributed by atoms with van der Waals surface area (Å²) in [6.45, 7) is 5.80. The van der Waals surface area contributed by atoms with Gasteiger partial charge in [0.05, 0.1) is 6.42 Å². The molecule has 228 valence electrons. The number of ketones is 1. The van der Waals surface area contributed by atoms with Gasteiger partial charge in [0.1, 0.15) is 24.0 Å². The molecule has 1 heterocycles. The number of esters is 1. The van der Waals surface area contributed by atoms with E-state index in [1.807, 2.05) is 6.07 Å². The number of hydrogen-bond donors (Lipinski definition) is 1. The summed E-state index contributed by atoms with van der Waals surface area (Å²) in [5.41, 5.74) is -0.145. The topological polar surface area (TPSA) is 111 Å². The van der Waals surface area contributed by atoms with E-state index in [-0.39, 0.29) is 32.0 Å². The van der Waals surface area contributed by atoms with Crippen molar-refractivity contribution in [1.29, 1.82) is 0 Å². The first-order valence-electron chi connectivity index (χ1n) is 13.2. The highest BCUT2D eigenvalue weighted by Crippen LogP contribution is 2.27. The van der Waals surface area contributed by atoms with E-state index in [0.29, 0.717) is 5.75 Å². The van der Waals surface area contributed by atoms with Crippen LogP contribution in [0.25, 0.3) is 0 Å². The molecule has 1 atom stereocenters. The van der Waals surface area contributed by atoms with Crippen LogP contribution in [0.3, 0.4) is 0 Å². The van der Waals surface area contributed by atoms with E-state index >= 15 is 0 Å². The molecule has 1 N–H and O–H groups in total. The number of Topliss-reactive ketones (excluding diaryl/α,β-unsaturated/α-hetero) is 1. The van der Waals surface area contributed by atoms with Crippen molar-refractivity contribution in [2.75, 3.05) is 19.7 Å². The first kappa shape index (κ1) is 32.4. The van der Waals surface area contributed by atoms with Gasteiger partial charge in [-0.3, -0.25) is 14.4 Å². The number of carbonyl (C=O) groups excluding carboxylic acids is 4. The highest BCUT2D eigenvalue weighted by molar-refractivity contribution is 5.93. The number of halogens is 4. The Kier molecular flexibility index (Phi) is 10.5. The molecular formula is C29H32F4N2O7. The third-order valence-corrected chi connectivity index (χ3v) is 6.34. The molecule has 0 aliphatic carbocycles. The summed E-state index contributed by atoms with van der Waals surface area (Å²) in [6, 6.07) is 5.44. The Morgan fingerprint density at radius 3 is 2.17 bits per heavy atom. The van der Waals surface area contributed by atoms with Crippen molar-refractivity contribution in [3.8, 4) is 11.5 Å². The lowest BCUT2D eigenvalue weighted by atomic mass is 9.95. The average Bonchev–Trinajstić information content (AvgIpc) is 2.91. The van der Waals surface area contributed by atoms with E-state index in [1.54, 1.807) is 45.9 Å². The standard InChI is InChI=1S/C29H32F4N2O7/c1-16-7-5-6-8-22(16)41-28(39)35-11-9-17(10-12-35)27(38)34-20(14-23(37)42-29(2,3)4)21(36)15-40-26-24(32)18(30)13-19(31)25(26)33/h5-8,13,17,20H,9-12,14-15H2,1-4H3,(H,34,38)/t20-/m0/s1. The second-order valence-electron chi connectivity index (χ2n) is 10.8. The number of nitrogens with zero attached hydrogens (tertiary/aromatic N) is 1. The van der Waals surface area contributed by atoms with Crippen LogP contribution in [0.15, 0.2) is 30.3 Å². The van der Waals surface area contributed by atoms with Crippen molar-refractivity contribution in [3.63, 3.8) is 0 Å². The summed E-state index contributed by atoms with van der Waals surface area (Å²) in [6.07, 6.45) is -0.781. The van der Waals surface area contributed by atoms with Gasteiger partial charge in [-0.25, -0.2) is 13.6 Å². The molecule has 2 amide bonds. The minimum absolute atomic E-state index is 0.0153. The molecule has 1 aliphatic heterocycles. The molecule has 1 saturated heterocycles. The van der Waals surface area contributed by atoms with Gasteiger partial charge in [-0.15, -0.1) is 0 Å². The average molecular weight is 597 g/mol. The fourth-order valence-corrected chi connectivity index (χ4v) is 4.16. The lowest BCUT2D eigenvalue weighted by Gasteiger charge is -2.31. The monoisotopic (exact) mass is 596 g/mol. The maximum absolute atomic E-state index is 14.0. The minimum Gasteiger partial charge on any atom is -0.479 e. The number of carbonyl (C=O) groups is 4. The third kappa shape index (κ3) is 8.67. The Balaban J connectivity index is 1.64. The summed E-state index contributed by atoms with van der Waals surface area (Å²) < 4.78 is 70.4. The van der Waals surface area contributed by atoms with Gasteiger partial charge < -0.3 is 24.4 Å². The van der Waals surface area contributed by atoms with Crippen molar-refractivity contribution < 1.29 is 51.0 Å². The highest BCUT2D eigenvalue weighted by Gasteiger charge is 2.33. The van der Waals surface area contributed by atoms with Crippen molar-refractivity contribution in [3.05, 3.63) is 59.2 Å². The second-order valence-corrected chi connectivity index (χ2v) is 10.8. The zero-order valence-corrected chi connectivity index (χ0v) is 23.6. The Hall–Kier alpha value is -4.16. The molecule has 13 heteroatoms. The Labute approximate surface area is 240 Å². The SMILES string of the molecule is Cc1ccccc1OC(=O)N1CCC(C(=O)N[C@@H](CC(=O)OC(C)(C)C)C(=O)COc2c(F)c(F)cc(F)c2F)CC1. The van der Waals surface area contributed by atoms with Gasteiger partial charge >= 0.3 is 12.1 Å². The van der Waals surface area contributed by atoms with E-state index in [2.05, 4.69) is 5.32 Å². The summed E-state index contributed by atoms with van der Waals surface area (Å²) in [5.74, 6) is -11.3. The first-order chi connectivity index (χ1) is 19.7. The Morgan fingerprint density at radius 2 is 1.60 bits per heavy atom. The molecule has 0 spiro atoms. The van der Waals surface area contributed by atoms with Crippen LogP contribution in [0.1, 0.15) is 45.6 Å². The van der Waals surface area contributed by atoms with Gasteiger partial charge in [-0.05, 0) is 52.2 Å². The quantitative estimate of drug-likeness (QED) is 0.255. The second kappa shape index (κ2) is 13.7. The maximum Gasteiger partial charge on any atom is 0.415 e. The number of para-hydroxylation sites is 1. The van der Waals surface area contributed by atoms with Crippen LogP contribution in [0, 0.1) is 36.1 Å². The molecule has 1 aliphatic rings. The number of ether oxygens (including phenoxy) is 3. The van der Waals surface area contributed by atoms with Crippen molar-refractivity contribution in [1.82, 2.24) is 10.2 Å². The Bertz CT molecular complexity index is 1310. The molecule has 2 aromatic rings. The smallest absolute Gasteiger partial charge is 0.415 e. The summed E-state index contributed by atoms with van der Waals surface area (Å²) >= 11 is 0. The molecule has 0 bridgehead atoms. The zero-order chi connectivity index (χ0) is 31.2. The minimum atomic E-state index is -1.85. The number of nitrogens with one attached hydrogen (secondary N) is 1. The van der Waals surface area contributed by atoms with Crippen LogP contribution in [-0.4, -0.2) is 60.0 Å². The van der Waals surface area contributed by atoms with E-state index in [9.17, 15) is 36.7 Å². The Morgan fingerprint density at radius 1 is 1.00 bits per heavy atom. The van der Waals surface area contributed by atoms with E-state index in [1.165, 1.54) is 4.90 Å². The number of likely N-dealkylation sites (tertiary alicyclic amines) is 1. The van der Waals surface area contributed by atoms with Crippen LogP contribution < -0.4 is 14.8 Å². The fraction of sp³-hybridized carbons (Fsp3) is 0.448. The molecule has 1 fully saturated rings. The summed E-state index contributed by atoms with van der Waals surface area (Å²) in [7, 11) is 0. The lowest BCUT2D eigenvalue weighted by molar-refractivity contribution is -0.156. The number of aryl methyl sites for hydroxylation is 1. The molecule has 9 nitrogen and oxygen atoms in total. The molecule has 42 heavy (non-hydrogen) atoms. The summed E-state index contributed by atoms with van der Waals surface area (Å²) in [4.78, 5) is 52.4. The van der Waals surface area contributed by atoms with Crippen LogP contribution in [0.5, 0.6) is 11.5 Å². The van der Waals surface area contributed by atoms with Gasteiger partial charge in [-0.1, -0.05) is 18.2 Å². The van der Waals surface area contributed by atoms with Gasteiger partial charge in [0, 0.05) is 25.1 Å². The van der Waals surface area contributed by atoms with Gasteiger partial charge in [-0.2, -0.15) is 8.78 Å². The molecule has 0 unspecified atom stereocenters. The third-order valence-electron chi connectivity index (χ3n) is 6.34. The maximum atomic E-state index is 14.0. The zero-order valence-electron chi connectivity index (χ0n) is 23.6. The predicted molar refractivity (Wildman–Crippen MR) is 141 cm³/mol. The molecular weight excluding hydrogens is 564 g/mol. The highest BCUT2D eigenvalue weighted by atomic mass is 19.2. The van der Waals surface area contributed by atoms with Crippen molar-refractivity contribution in [2.24, 2.45) is 5.92 Å². The van der Waals surface area contributed by atoms with Crippen molar-refractivity contribution in [2.45, 2.75) is 58.6 Å². The molecule has 0 saturated carbocycles. The van der Waals surface area contributed by atoms with Crippen LogP contribution in [-0.2, 0) is 19.1 Å². The number of rotatable bonds is 9. The van der Waals surface area contributed by atoms with Crippen LogP contribution in [0.4, 0.5) is 22.4 Å². The molecule has 0 radical (unpaired) electrons. The van der Waals surface area contributed by atoms with Crippen molar-refractivity contribution >= 4 is 23.8 Å². The van der Waals surface area contributed by atoms with Gasteiger partial charge in [0.25, 0.3) is 0 Å². The van der Waals surface area contributed by atoms with Crippen LogP contribution in [0.2, 0.25) is 0 Å². The molecule has 3 rings (SSSR count). The largest absolute Gasteiger partial charge is 0.479 e. The fourth-order valence-electron chi connectivity index (χ4n) is 4.16. The predicted octanol–water partition coefficient (Wildman–Crippen LogP) is 4.63. The number of benzene rings is 2. The molecule has 2 aromatic carbocycles. The number of hydrogen-bond acceptors (Lipinski definition) is 7. The lowest BCUT2D eigenvalue weighted by Crippen LogP contribution is -2.49. The first-order valence-corrected chi connectivity index (χ1v) is 13.2. The van der Waals surface area contributed by atoms with Gasteiger partial charge in [0.15, 0.2) is 23.2 Å². The van der Waals surface area contributed by atoms with E-state index in [0.717, 1.165) is 5.56 Å². The van der Waals surface area contributed by atoms with E-state index in [4.69, 9.17) is 14.2 Å². The van der Waals surface area contributed by atoms with Crippen LogP contribution >= 0.6 is 0 Å². The number of piperidine rings is 1.